The summed E-state index contributed by atoms with van der Waals surface area (Å²) in [5, 5.41) is 7.10. The number of aromatic amines is 1. The number of aryl methyl sites for hydroxylation is 2. The number of nitrogens with one attached hydrogen (secondary N) is 1. The van der Waals surface area contributed by atoms with Crippen LogP contribution in [0.4, 0.5) is 5.82 Å². The Bertz CT molecular complexity index is 723. The van der Waals surface area contributed by atoms with Crippen LogP contribution in [0.2, 0.25) is 0 Å². The minimum absolute atomic E-state index is 0.495. The molecule has 0 unspecified atom stereocenters. The molecule has 0 atom stereocenters. The molecular weight excluding hydrogens is 238 g/mol. The normalized spacial score (nSPS) is 10.8. The van der Waals surface area contributed by atoms with Gasteiger partial charge in [-0.25, -0.2) is 4.98 Å². The van der Waals surface area contributed by atoms with Gasteiger partial charge < -0.3 is 10.3 Å². The quantitative estimate of drug-likeness (QED) is 0.736. The van der Waals surface area contributed by atoms with Crippen molar-refractivity contribution in [2.24, 2.45) is 7.05 Å². The van der Waals surface area contributed by atoms with Gasteiger partial charge in [-0.15, -0.1) is 0 Å². The van der Waals surface area contributed by atoms with Crippen molar-refractivity contribution in [1.29, 1.82) is 0 Å². The van der Waals surface area contributed by atoms with Crippen molar-refractivity contribution in [3.8, 4) is 22.5 Å². The summed E-state index contributed by atoms with van der Waals surface area (Å²) in [5.41, 5.74) is 10.9. The molecule has 0 fully saturated rings. The molecule has 3 aromatic rings. The monoisotopic (exact) mass is 253 g/mol. The maximum Gasteiger partial charge on any atom is 0.153 e. The highest BCUT2D eigenvalue weighted by atomic mass is 15.2. The van der Waals surface area contributed by atoms with Crippen LogP contribution in [0.5, 0.6) is 0 Å². The van der Waals surface area contributed by atoms with Gasteiger partial charge >= 0.3 is 0 Å². The standard InChI is InChI=1S/C14H15N5/c1-9-5-3-4-6-10(9)12-13(17-18-14(12)15)11-7-19(2)8-16-11/h3-8H,1-2H3,(H3,15,17,18). The van der Waals surface area contributed by atoms with Crippen LogP contribution in [0, 0.1) is 6.92 Å². The van der Waals surface area contributed by atoms with E-state index in [0.29, 0.717) is 5.82 Å². The van der Waals surface area contributed by atoms with Gasteiger partial charge in [0, 0.05) is 13.2 Å². The zero-order valence-electron chi connectivity index (χ0n) is 10.9. The lowest BCUT2D eigenvalue weighted by Crippen LogP contribution is -1.91. The van der Waals surface area contributed by atoms with Crippen molar-refractivity contribution in [2.45, 2.75) is 6.92 Å². The summed E-state index contributed by atoms with van der Waals surface area (Å²) in [5.74, 6) is 0.495. The van der Waals surface area contributed by atoms with Gasteiger partial charge in [0.1, 0.15) is 5.69 Å². The summed E-state index contributed by atoms with van der Waals surface area (Å²) in [6, 6.07) is 8.11. The Balaban J connectivity index is 2.22. The lowest BCUT2D eigenvalue weighted by molar-refractivity contribution is 0.913. The van der Waals surface area contributed by atoms with E-state index < -0.39 is 0 Å². The summed E-state index contributed by atoms with van der Waals surface area (Å²) >= 11 is 0. The molecule has 3 N–H and O–H groups in total. The molecule has 0 aliphatic carbocycles. The smallest absolute Gasteiger partial charge is 0.153 e. The summed E-state index contributed by atoms with van der Waals surface area (Å²) in [4.78, 5) is 4.35. The summed E-state index contributed by atoms with van der Waals surface area (Å²) in [6.07, 6.45) is 3.70. The van der Waals surface area contributed by atoms with Crippen LogP contribution in [0.25, 0.3) is 22.5 Å². The van der Waals surface area contributed by atoms with Crippen LogP contribution in [0.3, 0.4) is 0 Å². The number of aromatic nitrogens is 4. The molecule has 19 heavy (non-hydrogen) atoms. The van der Waals surface area contributed by atoms with Gasteiger partial charge in [0.2, 0.25) is 0 Å². The first kappa shape index (κ1) is 11.5. The molecule has 1 aromatic carbocycles. The second-order valence-corrected chi connectivity index (χ2v) is 4.60. The Labute approximate surface area is 111 Å². The number of rotatable bonds is 2. The maximum atomic E-state index is 6.01. The highest BCUT2D eigenvalue weighted by Gasteiger charge is 2.17. The topological polar surface area (TPSA) is 72.5 Å². The summed E-state index contributed by atoms with van der Waals surface area (Å²) < 4.78 is 1.90. The molecular formula is C14H15N5. The van der Waals surface area contributed by atoms with Crippen molar-refractivity contribution in [1.82, 2.24) is 19.7 Å². The number of nitrogens with zero attached hydrogens (tertiary/aromatic N) is 3. The number of hydrogen-bond acceptors (Lipinski definition) is 3. The average Bonchev–Trinajstić information content (AvgIpc) is 2.96. The number of H-pyrrole nitrogens is 1. The zero-order chi connectivity index (χ0) is 13.4. The highest BCUT2D eigenvalue weighted by molar-refractivity contribution is 5.87. The van der Waals surface area contributed by atoms with E-state index in [4.69, 9.17) is 5.73 Å². The molecule has 0 amide bonds. The molecule has 0 radical (unpaired) electrons. The molecule has 5 heteroatoms. The molecule has 2 heterocycles. The number of nitrogens with two attached hydrogens (primary N) is 1. The SMILES string of the molecule is Cc1ccccc1-c1c(N)n[nH]c1-c1cn(C)cn1. The van der Waals surface area contributed by atoms with Crippen LogP contribution in [0.1, 0.15) is 5.56 Å². The van der Waals surface area contributed by atoms with E-state index in [1.807, 2.05) is 36.0 Å². The van der Waals surface area contributed by atoms with Gasteiger partial charge in [-0.05, 0) is 18.1 Å². The molecule has 96 valence electrons. The van der Waals surface area contributed by atoms with E-state index in [1.54, 1.807) is 6.33 Å². The van der Waals surface area contributed by atoms with Crippen LogP contribution in [0.15, 0.2) is 36.8 Å². The summed E-state index contributed by atoms with van der Waals surface area (Å²) in [6.45, 7) is 2.06. The largest absolute Gasteiger partial charge is 0.382 e. The number of hydrogen-bond donors (Lipinski definition) is 2. The second kappa shape index (κ2) is 4.28. The van der Waals surface area contributed by atoms with Gasteiger partial charge in [-0.2, -0.15) is 5.10 Å². The van der Waals surface area contributed by atoms with Gasteiger partial charge in [-0.1, -0.05) is 24.3 Å². The summed E-state index contributed by atoms with van der Waals surface area (Å²) in [7, 11) is 1.93. The number of anilines is 1. The van der Waals surface area contributed by atoms with Crippen molar-refractivity contribution in [2.75, 3.05) is 5.73 Å². The predicted molar refractivity (Wildman–Crippen MR) is 75.4 cm³/mol. The molecule has 0 saturated heterocycles. The molecule has 5 nitrogen and oxygen atoms in total. The van der Waals surface area contributed by atoms with Gasteiger partial charge in [0.15, 0.2) is 5.82 Å². The van der Waals surface area contributed by atoms with E-state index in [2.05, 4.69) is 28.2 Å². The Morgan fingerprint density at radius 3 is 2.74 bits per heavy atom. The van der Waals surface area contributed by atoms with Crippen LogP contribution >= 0.6 is 0 Å². The molecule has 3 rings (SSSR count). The zero-order valence-corrected chi connectivity index (χ0v) is 10.9. The fraction of sp³-hybridized carbons (Fsp3) is 0.143. The van der Waals surface area contributed by atoms with Gasteiger partial charge in [-0.3, -0.25) is 5.10 Å². The van der Waals surface area contributed by atoms with Crippen molar-refractivity contribution < 1.29 is 0 Å². The number of nitrogen functional groups attached to an aromatic ring is 1. The van der Waals surface area contributed by atoms with Crippen LogP contribution in [-0.2, 0) is 7.05 Å². The highest BCUT2D eigenvalue weighted by Crippen LogP contribution is 2.35. The third-order valence-electron chi connectivity index (χ3n) is 3.17. The third-order valence-corrected chi connectivity index (χ3v) is 3.17. The van der Waals surface area contributed by atoms with Crippen molar-refractivity contribution in [3.05, 3.63) is 42.4 Å². The molecule has 0 bridgehead atoms. The minimum Gasteiger partial charge on any atom is -0.382 e. The Morgan fingerprint density at radius 2 is 2.05 bits per heavy atom. The first-order valence-electron chi connectivity index (χ1n) is 6.05. The van der Waals surface area contributed by atoms with Crippen LogP contribution in [-0.4, -0.2) is 19.7 Å². The average molecular weight is 253 g/mol. The Kier molecular flexibility index (Phi) is 2.59. The van der Waals surface area contributed by atoms with E-state index in [0.717, 1.165) is 28.1 Å². The van der Waals surface area contributed by atoms with E-state index in [9.17, 15) is 0 Å². The number of imidazole rings is 1. The Hall–Kier alpha value is -2.56. The molecule has 0 spiro atoms. The third kappa shape index (κ3) is 1.89. The van der Waals surface area contributed by atoms with E-state index in [-0.39, 0.29) is 0 Å². The fourth-order valence-electron chi connectivity index (χ4n) is 2.21. The first-order valence-corrected chi connectivity index (χ1v) is 6.05. The van der Waals surface area contributed by atoms with Crippen molar-refractivity contribution >= 4 is 5.82 Å². The molecule has 0 saturated carbocycles. The molecule has 2 aromatic heterocycles. The number of benzene rings is 1. The van der Waals surface area contributed by atoms with Crippen LogP contribution < -0.4 is 5.73 Å². The molecule has 0 aliphatic rings. The predicted octanol–water partition coefficient (Wildman–Crippen LogP) is 2.37. The first-order chi connectivity index (χ1) is 9.16. The van der Waals surface area contributed by atoms with E-state index >= 15 is 0 Å². The van der Waals surface area contributed by atoms with Gasteiger partial charge in [0.05, 0.1) is 17.6 Å². The Morgan fingerprint density at radius 1 is 1.26 bits per heavy atom. The van der Waals surface area contributed by atoms with Crippen molar-refractivity contribution in [3.63, 3.8) is 0 Å². The fourth-order valence-corrected chi connectivity index (χ4v) is 2.21. The maximum absolute atomic E-state index is 6.01. The van der Waals surface area contributed by atoms with E-state index in [1.165, 1.54) is 0 Å². The minimum atomic E-state index is 0.495. The lowest BCUT2D eigenvalue weighted by Gasteiger charge is -2.06. The second-order valence-electron chi connectivity index (χ2n) is 4.60. The van der Waals surface area contributed by atoms with Gasteiger partial charge in [0.25, 0.3) is 0 Å². The lowest BCUT2D eigenvalue weighted by atomic mass is 9.99. The molecule has 0 aliphatic heterocycles.